The van der Waals surface area contributed by atoms with Crippen LogP contribution in [0.2, 0.25) is 0 Å². The van der Waals surface area contributed by atoms with E-state index in [-0.39, 0.29) is 12.1 Å². The number of nitrogens with two attached hydrogens (primary N) is 1. The van der Waals surface area contributed by atoms with Crippen LogP contribution in [-0.4, -0.2) is 15.9 Å². The SMILES string of the molecule is CCn1ncc(Br)c1C(N)c1cccc(OC(C)C)c1. The Labute approximate surface area is 128 Å². The number of rotatable bonds is 5. The molecule has 0 spiro atoms. The van der Waals surface area contributed by atoms with Gasteiger partial charge < -0.3 is 10.5 Å². The van der Waals surface area contributed by atoms with E-state index in [4.69, 9.17) is 10.5 Å². The highest BCUT2D eigenvalue weighted by atomic mass is 79.9. The lowest BCUT2D eigenvalue weighted by Crippen LogP contribution is -2.18. The zero-order valence-corrected chi connectivity index (χ0v) is 13.6. The van der Waals surface area contributed by atoms with Crippen LogP contribution in [0.5, 0.6) is 5.75 Å². The Morgan fingerprint density at radius 3 is 2.80 bits per heavy atom. The van der Waals surface area contributed by atoms with Crippen molar-refractivity contribution >= 4 is 15.9 Å². The zero-order chi connectivity index (χ0) is 14.7. The summed E-state index contributed by atoms with van der Waals surface area (Å²) in [6.07, 6.45) is 1.93. The van der Waals surface area contributed by atoms with E-state index in [0.29, 0.717) is 0 Å². The predicted octanol–water partition coefficient (Wildman–Crippen LogP) is 3.50. The van der Waals surface area contributed by atoms with Crippen LogP contribution in [0.25, 0.3) is 0 Å². The number of aryl methyl sites for hydroxylation is 1. The number of nitrogens with zero attached hydrogens (tertiary/aromatic N) is 2. The molecule has 0 aliphatic heterocycles. The Hall–Kier alpha value is -1.33. The highest BCUT2D eigenvalue weighted by Crippen LogP contribution is 2.28. The van der Waals surface area contributed by atoms with Crippen LogP contribution in [0.1, 0.15) is 38.1 Å². The largest absolute Gasteiger partial charge is 0.491 e. The highest BCUT2D eigenvalue weighted by Gasteiger charge is 2.18. The van der Waals surface area contributed by atoms with Gasteiger partial charge in [0.1, 0.15) is 5.75 Å². The molecule has 0 radical (unpaired) electrons. The van der Waals surface area contributed by atoms with E-state index in [9.17, 15) is 0 Å². The third-order valence-corrected chi connectivity index (χ3v) is 3.63. The molecule has 2 aromatic rings. The fourth-order valence-corrected chi connectivity index (χ4v) is 2.69. The fourth-order valence-electron chi connectivity index (χ4n) is 2.14. The Kier molecular flexibility index (Phi) is 4.83. The third-order valence-electron chi connectivity index (χ3n) is 3.02. The minimum atomic E-state index is -0.234. The van der Waals surface area contributed by atoms with Crippen LogP contribution in [-0.2, 0) is 6.54 Å². The molecule has 1 unspecified atom stereocenters. The Morgan fingerprint density at radius 2 is 2.15 bits per heavy atom. The molecule has 2 N–H and O–H groups in total. The van der Waals surface area contributed by atoms with E-state index >= 15 is 0 Å². The van der Waals surface area contributed by atoms with Gasteiger partial charge in [-0.05, 0) is 54.4 Å². The summed E-state index contributed by atoms with van der Waals surface area (Å²) in [7, 11) is 0. The molecule has 0 saturated heterocycles. The molecule has 0 saturated carbocycles. The fraction of sp³-hybridized carbons (Fsp3) is 0.400. The maximum absolute atomic E-state index is 6.39. The normalized spacial score (nSPS) is 12.7. The van der Waals surface area contributed by atoms with Crippen molar-refractivity contribution in [1.29, 1.82) is 0 Å². The van der Waals surface area contributed by atoms with E-state index in [1.54, 1.807) is 6.20 Å². The van der Waals surface area contributed by atoms with Gasteiger partial charge in [0, 0.05) is 6.54 Å². The van der Waals surface area contributed by atoms with Gasteiger partial charge in [-0.25, -0.2) is 0 Å². The van der Waals surface area contributed by atoms with Crippen molar-refractivity contribution in [2.45, 2.75) is 39.5 Å². The number of benzene rings is 1. The Balaban J connectivity index is 2.33. The highest BCUT2D eigenvalue weighted by molar-refractivity contribution is 9.10. The second kappa shape index (κ2) is 6.41. The monoisotopic (exact) mass is 337 g/mol. The molecular formula is C15H20BrN3O. The van der Waals surface area contributed by atoms with Crippen molar-refractivity contribution in [2.24, 2.45) is 5.73 Å². The molecule has 1 aromatic heterocycles. The molecule has 20 heavy (non-hydrogen) atoms. The number of hydrogen-bond acceptors (Lipinski definition) is 3. The van der Waals surface area contributed by atoms with Gasteiger partial charge in [-0.3, -0.25) is 4.68 Å². The molecule has 4 nitrogen and oxygen atoms in total. The van der Waals surface area contributed by atoms with Crippen LogP contribution in [0.15, 0.2) is 34.9 Å². The van der Waals surface area contributed by atoms with Crippen molar-refractivity contribution in [3.8, 4) is 5.75 Å². The first-order valence-electron chi connectivity index (χ1n) is 6.76. The average molecular weight is 338 g/mol. The first-order valence-corrected chi connectivity index (χ1v) is 7.55. The van der Waals surface area contributed by atoms with Crippen LogP contribution in [0.3, 0.4) is 0 Å². The summed E-state index contributed by atoms with van der Waals surface area (Å²) in [4.78, 5) is 0. The minimum Gasteiger partial charge on any atom is -0.491 e. The molecule has 2 rings (SSSR count). The van der Waals surface area contributed by atoms with Gasteiger partial charge in [0.15, 0.2) is 0 Å². The lowest BCUT2D eigenvalue weighted by atomic mass is 10.0. The van der Waals surface area contributed by atoms with Gasteiger partial charge in [-0.15, -0.1) is 0 Å². The van der Waals surface area contributed by atoms with Gasteiger partial charge in [0.25, 0.3) is 0 Å². The smallest absolute Gasteiger partial charge is 0.120 e. The minimum absolute atomic E-state index is 0.148. The van der Waals surface area contributed by atoms with Gasteiger partial charge in [0.05, 0.1) is 28.5 Å². The zero-order valence-electron chi connectivity index (χ0n) is 12.0. The molecule has 0 fully saturated rings. The first kappa shape index (κ1) is 15.1. The number of hydrogen-bond donors (Lipinski definition) is 1. The van der Waals surface area contributed by atoms with Crippen LogP contribution in [0, 0.1) is 0 Å². The summed E-state index contributed by atoms with van der Waals surface area (Å²) in [5.74, 6) is 0.839. The van der Waals surface area contributed by atoms with Crippen molar-refractivity contribution < 1.29 is 4.74 Å². The Bertz CT molecular complexity index is 580. The lowest BCUT2D eigenvalue weighted by molar-refractivity contribution is 0.242. The van der Waals surface area contributed by atoms with Gasteiger partial charge in [-0.1, -0.05) is 12.1 Å². The van der Waals surface area contributed by atoms with Crippen molar-refractivity contribution in [1.82, 2.24) is 9.78 Å². The summed E-state index contributed by atoms with van der Waals surface area (Å²) in [5, 5.41) is 4.31. The van der Waals surface area contributed by atoms with E-state index in [1.807, 2.05) is 49.7 Å². The second-order valence-electron chi connectivity index (χ2n) is 4.91. The molecule has 0 bridgehead atoms. The number of aromatic nitrogens is 2. The molecule has 5 heteroatoms. The van der Waals surface area contributed by atoms with E-state index in [2.05, 4.69) is 21.0 Å². The topological polar surface area (TPSA) is 53.1 Å². The number of ether oxygens (including phenoxy) is 1. The van der Waals surface area contributed by atoms with Gasteiger partial charge >= 0.3 is 0 Å². The molecule has 0 amide bonds. The second-order valence-corrected chi connectivity index (χ2v) is 5.76. The lowest BCUT2D eigenvalue weighted by Gasteiger charge is -2.17. The van der Waals surface area contributed by atoms with Crippen LogP contribution in [0.4, 0.5) is 0 Å². The summed E-state index contributed by atoms with van der Waals surface area (Å²) in [5.41, 5.74) is 8.39. The quantitative estimate of drug-likeness (QED) is 0.908. The van der Waals surface area contributed by atoms with Crippen molar-refractivity contribution in [2.75, 3.05) is 0 Å². The molecule has 0 aliphatic rings. The molecule has 1 aromatic carbocycles. The summed E-state index contributed by atoms with van der Waals surface area (Å²) in [6.45, 7) is 6.86. The molecule has 1 heterocycles. The maximum Gasteiger partial charge on any atom is 0.120 e. The average Bonchev–Trinajstić information content (AvgIpc) is 2.78. The molecule has 108 valence electrons. The predicted molar refractivity (Wildman–Crippen MR) is 83.8 cm³/mol. The standard InChI is InChI=1S/C15H20BrN3O/c1-4-19-15(13(16)9-18-19)14(17)11-6-5-7-12(8-11)20-10(2)3/h5-10,14H,4,17H2,1-3H3. The van der Waals surface area contributed by atoms with E-state index < -0.39 is 0 Å². The summed E-state index contributed by atoms with van der Waals surface area (Å²) < 4.78 is 8.56. The van der Waals surface area contributed by atoms with Gasteiger partial charge in [0.2, 0.25) is 0 Å². The van der Waals surface area contributed by atoms with Crippen LogP contribution >= 0.6 is 15.9 Å². The van der Waals surface area contributed by atoms with E-state index in [0.717, 1.165) is 28.0 Å². The maximum atomic E-state index is 6.39. The number of halogens is 1. The first-order chi connectivity index (χ1) is 9.52. The molecule has 1 atom stereocenters. The Morgan fingerprint density at radius 1 is 1.40 bits per heavy atom. The van der Waals surface area contributed by atoms with Crippen LogP contribution < -0.4 is 10.5 Å². The van der Waals surface area contributed by atoms with Gasteiger partial charge in [-0.2, -0.15) is 5.10 Å². The van der Waals surface area contributed by atoms with Crippen molar-refractivity contribution in [3.63, 3.8) is 0 Å². The van der Waals surface area contributed by atoms with E-state index in [1.165, 1.54) is 0 Å². The summed E-state index contributed by atoms with van der Waals surface area (Å²) >= 11 is 3.52. The molecule has 0 aliphatic carbocycles. The molecular weight excluding hydrogens is 318 g/mol. The third kappa shape index (κ3) is 3.22. The van der Waals surface area contributed by atoms with Crippen molar-refractivity contribution in [3.05, 3.63) is 46.2 Å². The summed E-state index contributed by atoms with van der Waals surface area (Å²) in [6, 6.07) is 7.68.